The van der Waals surface area contributed by atoms with Crippen LogP contribution in [0.2, 0.25) is 0 Å². The molecule has 0 aliphatic heterocycles. The Morgan fingerprint density at radius 2 is 2.14 bits per heavy atom. The van der Waals surface area contributed by atoms with E-state index in [2.05, 4.69) is 11.6 Å². The summed E-state index contributed by atoms with van der Waals surface area (Å²) in [6.07, 6.45) is 0. The van der Waals surface area contributed by atoms with E-state index in [0.29, 0.717) is 24.5 Å². The number of hydrogen-bond acceptors (Lipinski definition) is 4. The highest BCUT2D eigenvalue weighted by molar-refractivity contribution is 7.09. The SMILES string of the molecule is C=C(C)COc1ccccc1C(=O)N(C)Cc1csc(C)n1. The molecule has 0 saturated heterocycles. The smallest absolute Gasteiger partial charge is 0.257 e. The molecule has 0 fully saturated rings. The van der Waals surface area contributed by atoms with Crippen LogP contribution in [0.15, 0.2) is 41.8 Å². The van der Waals surface area contributed by atoms with Crippen molar-refractivity contribution >= 4 is 17.2 Å². The van der Waals surface area contributed by atoms with Crippen molar-refractivity contribution in [2.45, 2.75) is 20.4 Å². The number of carbonyl (C=O) groups excluding carboxylic acids is 1. The first-order chi connectivity index (χ1) is 10.5. The number of aromatic nitrogens is 1. The van der Waals surface area contributed by atoms with Crippen LogP contribution < -0.4 is 4.74 Å². The van der Waals surface area contributed by atoms with Gasteiger partial charge in [0.1, 0.15) is 12.4 Å². The van der Waals surface area contributed by atoms with Crippen molar-refractivity contribution in [3.63, 3.8) is 0 Å². The minimum Gasteiger partial charge on any atom is -0.488 e. The van der Waals surface area contributed by atoms with Crippen molar-refractivity contribution in [1.29, 1.82) is 0 Å². The van der Waals surface area contributed by atoms with Gasteiger partial charge >= 0.3 is 0 Å². The first kappa shape index (κ1) is 16.2. The van der Waals surface area contributed by atoms with Gasteiger partial charge in [-0.05, 0) is 31.6 Å². The maximum Gasteiger partial charge on any atom is 0.257 e. The standard InChI is InChI=1S/C17H20N2O2S/c1-12(2)10-21-16-8-6-5-7-15(16)17(20)19(4)9-14-11-22-13(3)18-14/h5-8,11H,1,9-10H2,2-4H3. The molecule has 0 radical (unpaired) electrons. The van der Waals surface area contributed by atoms with E-state index in [9.17, 15) is 4.79 Å². The van der Waals surface area contributed by atoms with Crippen LogP contribution in [0.5, 0.6) is 5.75 Å². The highest BCUT2D eigenvalue weighted by atomic mass is 32.1. The molecular weight excluding hydrogens is 296 g/mol. The predicted molar refractivity (Wildman–Crippen MR) is 89.4 cm³/mol. The number of nitrogens with zero attached hydrogens (tertiary/aromatic N) is 2. The lowest BCUT2D eigenvalue weighted by Crippen LogP contribution is -2.27. The second kappa shape index (κ2) is 7.22. The van der Waals surface area contributed by atoms with Crippen molar-refractivity contribution in [2.24, 2.45) is 0 Å². The number of thiazole rings is 1. The summed E-state index contributed by atoms with van der Waals surface area (Å²) in [6.45, 7) is 8.54. The number of benzene rings is 1. The van der Waals surface area contributed by atoms with Gasteiger partial charge in [0, 0.05) is 12.4 Å². The van der Waals surface area contributed by atoms with Crippen molar-refractivity contribution in [1.82, 2.24) is 9.88 Å². The first-order valence-corrected chi connectivity index (χ1v) is 7.88. The summed E-state index contributed by atoms with van der Waals surface area (Å²) in [5, 5.41) is 2.98. The molecule has 4 nitrogen and oxygen atoms in total. The Kier molecular flexibility index (Phi) is 5.33. The second-order valence-corrected chi connectivity index (χ2v) is 6.32. The summed E-state index contributed by atoms with van der Waals surface area (Å²) in [4.78, 5) is 18.7. The molecule has 0 atom stereocenters. The average Bonchev–Trinajstić information content (AvgIpc) is 2.89. The number of rotatable bonds is 6. The summed E-state index contributed by atoms with van der Waals surface area (Å²) < 4.78 is 5.66. The van der Waals surface area contributed by atoms with E-state index in [4.69, 9.17) is 4.74 Å². The van der Waals surface area contributed by atoms with Crippen LogP contribution in [0.4, 0.5) is 0 Å². The highest BCUT2D eigenvalue weighted by Gasteiger charge is 2.17. The summed E-state index contributed by atoms with van der Waals surface area (Å²) in [5.74, 6) is 0.500. The number of aryl methyl sites for hydroxylation is 1. The molecule has 1 amide bonds. The van der Waals surface area contributed by atoms with Crippen LogP contribution >= 0.6 is 11.3 Å². The van der Waals surface area contributed by atoms with Crippen molar-refractivity contribution < 1.29 is 9.53 Å². The van der Waals surface area contributed by atoms with Gasteiger partial charge in [-0.25, -0.2) is 4.98 Å². The van der Waals surface area contributed by atoms with Crippen LogP contribution in [-0.4, -0.2) is 29.4 Å². The molecule has 116 valence electrons. The molecule has 0 aliphatic rings. The van der Waals surface area contributed by atoms with Gasteiger partial charge < -0.3 is 9.64 Å². The van der Waals surface area contributed by atoms with E-state index in [1.54, 1.807) is 35.4 Å². The zero-order chi connectivity index (χ0) is 16.1. The molecule has 0 aliphatic carbocycles. The molecule has 0 saturated carbocycles. The number of para-hydroxylation sites is 1. The van der Waals surface area contributed by atoms with Crippen LogP contribution in [0.1, 0.15) is 28.0 Å². The fourth-order valence-electron chi connectivity index (χ4n) is 1.97. The summed E-state index contributed by atoms with van der Waals surface area (Å²) in [7, 11) is 1.77. The molecule has 0 unspecified atom stereocenters. The number of hydrogen-bond donors (Lipinski definition) is 0. The minimum absolute atomic E-state index is 0.0806. The Hall–Kier alpha value is -2.14. The van der Waals surface area contributed by atoms with Gasteiger partial charge in [0.2, 0.25) is 0 Å². The zero-order valence-electron chi connectivity index (χ0n) is 13.1. The van der Waals surface area contributed by atoms with Crippen LogP contribution in [0.25, 0.3) is 0 Å². The molecule has 5 heteroatoms. The minimum atomic E-state index is -0.0806. The van der Waals surface area contributed by atoms with E-state index >= 15 is 0 Å². The number of carbonyl (C=O) groups is 1. The molecule has 1 aromatic heterocycles. The van der Waals surface area contributed by atoms with E-state index in [0.717, 1.165) is 16.3 Å². The normalized spacial score (nSPS) is 10.3. The maximum absolute atomic E-state index is 12.6. The molecule has 22 heavy (non-hydrogen) atoms. The van der Waals surface area contributed by atoms with E-state index in [-0.39, 0.29) is 5.91 Å². The Morgan fingerprint density at radius 3 is 2.77 bits per heavy atom. The molecule has 0 spiro atoms. The molecule has 0 bridgehead atoms. The lowest BCUT2D eigenvalue weighted by atomic mass is 10.1. The fraction of sp³-hybridized carbons (Fsp3) is 0.294. The van der Waals surface area contributed by atoms with E-state index in [1.807, 2.05) is 31.4 Å². The summed E-state index contributed by atoms with van der Waals surface area (Å²) in [6, 6.07) is 7.27. The topological polar surface area (TPSA) is 42.4 Å². The largest absolute Gasteiger partial charge is 0.488 e. The van der Waals surface area contributed by atoms with E-state index in [1.165, 1.54) is 0 Å². The molecular formula is C17H20N2O2S. The van der Waals surface area contributed by atoms with Gasteiger partial charge in [-0.2, -0.15) is 0 Å². The molecule has 1 aromatic carbocycles. The van der Waals surface area contributed by atoms with Gasteiger partial charge in [-0.3, -0.25) is 4.79 Å². The van der Waals surface area contributed by atoms with Gasteiger partial charge in [0.05, 0.1) is 22.8 Å². The highest BCUT2D eigenvalue weighted by Crippen LogP contribution is 2.21. The molecule has 0 N–H and O–H groups in total. The monoisotopic (exact) mass is 316 g/mol. The lowest BCUT2D eigenvalue weighted by Gasteiger charge is -2.18. The lowest BCUT2D eigenvalue weighted by molar-refractivity contribution is 0.0779. The van der Waals surface area contributed by atoms with Gasteiger partial charge in [0.15, 0.2) is 0 Å². The molecule has 1 heterocycles. The Bertz CT molecular complexity index is 679. The third-order valence-electron chi connectivity index (χ3n) is 3.00. The maximum atomic E-state index is 12.6. The molecule has 2 rings (SSSR count). The quantitative estimate of drug-likeness (QED) is 0.764. The van der Waals surface area contributed by atoms with Crippen LogP contribution in [-0.2, 0) is 6.54 Å². The number of ether oxygens (including phenoxy) is 1. The first-order valence-electron chi connectivity index (χ1n) is 7.00. The third kappa shape index (κ3) is 4.18. The fourth-order valence-corrected chi connectivity index (χ4v) is 2.58. The van der Waals surface area contributed by atoms with Crippen LogP contribution in [0, 0.1) is 6.92 Å². The Balaban J connectivity index is 2.12. The van der Waals surface area contributed by atoms with E-state index < -0.39 is 0 Å². The third-order valence-corrected chi connectivity index (χ3v) is 3.83. The van der Waals surface area contributed by atoms with Gasteiger partial charge in [-0.15, -0.1) is 11.3 Å². The summed E-state index contributed by atoms with van der Waals surface area (Å²) in [5.41, 5.74) is 2.37. The average molecular weight is 316 g/mol. The molecule has 2 aromatic rings. The number of amides is 1. The van der Waals surface area contributed by atoms with Gasteiger partial charge in [0.25, 0.3) is 5.91 Å². The van der Waals surface area contributed by atoms with Crippen molar-refractivity contribution in [3.05, 3.63) is 58.1 Å². The predicted octanol–water partition coefficient (Wildman–Crippen LogP) is 3.68. The Labute approximate surface area is 135 Å². The zero-order valence-corrected chi connectivity index (χ0v) is 13.9. The van der Waals surface area contributed by atoms with Gasteiger partial charge in [-0.1, -0.05) is 18.7 Å². The van der Waals surface area contributed by atoms with Crippen molar-refractivity contribution in [2.75, 3.05) is 13.7 Å². The Morgan fingerprint density at radius 1 is 1.41 bits per heavy atom. The summed E-state index contributed by atoms with van der Waals surface area (Å²) >= 11 is 1.58. The van der Waals surface area contributed by atoms with Crippen LogP contribution in [0.3, 0.4) is 0 Å². The van der Waals surface area contributed by atoms with Crippen molar-refractivity contribution in [3.8, 4) is 5.75 Å². The second-order valence-electron chi connectivity index (χ2n) is 5.26.